The molecule has 0 spiro atoms. The number of ether oxygens (including phenoxy) is 1. The van der Waals surface area contributed by atoms with Crippen molar-refractivity contribution in [1.29, 1.82) is 0 Å². The van der Waals surface area contributed by atoms with Crippen molar-refractivity contribution < 1.29 is 14.6 Å². The molecule has 1 aromatic heterocycles. The summed E-state index contributed by atoms with van der Waals surface area (Å²) in [7, 11) is 0. The first-order valence-corrected chi connectivity index (χ1v) is 7.47. The van der Waals surface area contributed by atoms with E-state index in [4.69, 9.17) is 4.74 Å². The summed E-state index contributed by atoms with van der Waals surface area (Å²) in [6.45, 7) is 7.02. The van der Waals surface area contributed by atoms with Crippen molar-refractivity contribution in [1.82, 2.24) is 4.57 Å². The van der Waals surface area contributed by atoms with E-state index in [0.717, 1.165) is 6.42 Å². The van der Waals surface area contributed by atoms with Crippen LogP contribution in [0.25, 0.3) is 10.9 Å². The minimum absolute atomic E-state index is 0.0998. The maximum absolute atomic E-state index is 12.2. The SMILES string of the molecule is CCOc1cc(C(=O)O)cc2ccc(=O)n(CCC(C)C)c12. The van der Waals surface area contributed by atoms with E-state index < -0.39 is 5.97 Å². The molecule has 0 bridgehead atoms. The van der Waals surface area contributed by atoms with Crippen LogP contribution in [0.15, 0.2) is 29.1 Å². The highest BCUT2D eigenvalue weighted by Crippen LogP contribution is 2.27. The molecule has 0 aliphatic carbocycles. The summed E-state index contributed by atoms with van der Waals surface area (Å²) in [6.07, 6.45) is 0.866. The van der Waals surface area contributed by atoms with E-state index in [2.05, 4.69) is 13.8 Å². The zero-order valence-electron chi connectivity index (χ0n) is 13.1. The Morgan fingerprint density at radius 2 is 2.05 bits per heavy atom. The molecule has 1 aromatic carbocycles. The van der Waals surface area contributed by atoms with Crippen LogP contribution in [0.4, 0.5) is 0 Å². The smallest absolute Gasteiger partial charge is 0.335 e. The van der Waals surface area contributed by atoms with Gasteiger partial charge < -0.3 is 14.4 Å². The number of aromatic nitrogens is 1. The second kappa shape index (κ2) is 6.64. The van der Waals surface area contributed by atoms with Gasteiger partial charge in [-0.05, 0) is 37.5 Å². The summed E-state index contributed by atoms with van der Waals surface area (Å²) in [5.41, 5.74) is 0.724. The minimum Gasteiger partial charge on any atom is -0.492 e. The Morgan fingerprint density at radius 1 is 1.32 bits per heavy atom. The van der Waals surface area contributed by atoms with Crippen LogP contribution in [0.3, 0.4) is 0 Å². The molecular formula is C17H21NO4. The molecule has 2 aromatic rings. The molecule has 0 unspecified atom stereocenters. The van der Waals surface area contributed by atoms with Gasteiger partial charge in [-0.2, -0.15) is 0 Å². The normalized spacial score (nSPS) is 11.1. The first-order chi connectivity index (χ1) is 10.4. The molecule has 0 saturated heterocycles. The van der Waals surface area contributed by atoms with Crippen LogP contribution in [0.2, 0.25) is 0 Å². The fraction of sp³-hybridized carbons (Fsp3) is 0.412. The summed E-state index contributed by atoms with van der Waals surface area (Å²) in [6, 6.07) is 6.19. The second-order valence-electron chi connectivity index (χ2n) is 5.66. The summed E-state index contributed by atoms with van der Waals surface area (Å²) in [5.74, 6) is -0.0994. The average Bonchev–Trinajstić information content (AvgIpc) is 2.46. The highest BCUT2D eigenvalue weighted by molar-refractivity contribution is 5.96. The van der Waals surface area contributed by atoms with Crippen LogP contribution in [-0.4, -0.2) is 22.2 Å². The molecule has 22 heavy (non-hydrogen) atoms. The van der Waals surface area contributed by atoms with Gasteiger partial charge in [0.15, 0.2) is 0 Å². The first-order valence-electron chi connectivity index (χ1n) is 7.47. The molecule has 0 radical (unpaired) electrons. The lowest BCUT2D eigenvalue weighted by Gasteiger charge is -2.16. The third-order valence-corrected chi connectivity index (χ3v) is 3.52. The van der Waals surface area contributed by atoms with E-state index in [1.807, 2.05) is 6.92 Å². The van der Waals surface area contributed by atoms with Crippen molar-refractivity contribution in [3.05, 3.63) is 40.2 Å². The van der Waals surface area contributed by atoms with Gasteiger partial charge in [-0.15, -0.1) is 0 Å². The lowest BCUT2D eigenvalue weighted by molar-refractivity contribution is 0.0696. The van der Waals surface area contributed by atoms with Crippen molar-refractivity contribution in [3.63, 3.8) is 0 Å². The number of benzene rings is 1. The Kier molecular flexibility index (Phi) is 4.85. The van der Waals surface area contributed by atoms with E-state index >= 15 is 0 Å². The number of fused-ring (bicyclic) bond motifs is 1. The number of hydrogen-bond acceptors (Lipinski definition) is 3. The molecule has 0 aliphatic rings. The number of aryl methyl sites for hydroxylation is 1. The number of pyridine rings is 1. The van der Waals surface area contributed by atoms with E-state index in [1.54, 1.807) is 16.7 Å². The Morgan fingerprint density at radius 3 is 2.64 bits per heavy atom. The molecular weight excluding hydrogens is 282 g/mol. The molecule has 0 atom stereocenters. The van der Waals surface area contributed by atoms with E-state index in [0.29, 0.717) is 35.7 Å². The number of aromatic carboxylic acids is 1. The average molecular weight is 303 g/mol. The topological polar surface area (TPSA) is 68.5 Å². The molecule has 1 N–H and O–H groups in total. The van der Waals surface area contributed by atoms with Crippen LogP contribution >= 0.6 is 0 Å². The predicted molar refractivity (Wildman–Crippen MR) is 85.8 cm³/mol. The summed E-state index contributed by atoms with van der Waals surface area (Å²) < 4.78 is 7.26. The highest BCUT2D eigenvalue weighted by atomic mass is 16.5. The number of nitrogens with zero attached hydrogens (tertiary/aromatic N) is 1. The number of hydrogen-bond donors (Lipinski definition) is 1. The molecule has 5 nitrogen and oxygen atoms in total. The lowest BCUT2D eigenvalue weighted by atomic mass is 10.1. The number of carboxylic acid groups (broad SMARTS) is 1. The van der Waals surface area contributed by atoms with E-state index in [-0.39, 0.29) is 11.1 Å². The number of rotatable bonds is 6. The van der Waals surface area contributed by atoms with Gasteiger partial charge in [0.25, 0.3) is 5.56 Å². The van der Waals surface area contributed by atoms with Crippen molar-refractivity contribution in [2.45, 2.75) is 33.7 Å². The van der Waals surface area contributed by atoms with Crippen molar-refractivity contribution in [2.75, 3.05) is 6.61 Å². The Labute approximate surface area is 129 Å². The minimum atomic E-state index is -1.01. The maximum Gasteiger partial charge on any atom is 0.335 e. The van der Waals surface area contributed by atoms with Crippen LogP contribution in [0.1, 0.15) is 37.6 Å². The molecule has 1 heterocycles. The lowest BCUT2D eigenvalue weighted by Crippen LogP contribution is -2.21. The highest BCUT2D eigenvalue weighted by Gasteiger charge is 2.14. The summed E-state index contributed by atoms with van der Waals surface area (Å²) in [4.78, 5) is 23.5. The van der Waals surface area contributed by atoms with Crippen molar-refractivity contribution in [3.8, 4) is 5.75 Å². The quantitative estimate of drug-likeness (QED) is 0.890. The molecule has 0 aliphatic heterocycles. The van der Waals surface area contributed by atoms with Gasteiger partial charge in [0.1, 0.15) is 5.75 Å². The van der Waals surface area contributed by atoms with Gasteiger partial charge in [-0.25, -0.2) is 4.79 Å². The standard InChI is InChI=1S/C17H21NO4/c1-4-22-14-10-13(17(20)21)9-12-5-6-15(19)18(16(12)14)8-7-11(2)3/h5-6,9-11H,4,7-8H2,1-3H3,(H,20,21). The number of carboxylic acids is 1. The molecule has 2 rings (SSSR count). The van der Waals surface area contributed by atoms with Crippen molar-refractivity contribution in [2.24, 2.45) is 5.92 Å². The molecule has 5 heteroatoms. The first kappa shape index (κ1) is 16.1. The molecule has 0 saturated carbocycles. The van der Waals surface area contributed by atoms with Crippen LogP contribution < -0.4 is 10.3 Å². The second-order valence-corrected chi connectivity index (χ2v) is 5.66. The monoisotopic (exact) mass is 303 g/mol. The third kappa shape index (κ3) is 3.30. The van der Waals surface area contributed by atoms with Crippen LogP contribution in [0, 0.1) is 5.92 Å². The zero-order valence-corrected chi connectivity index (χ0v) is 13.1. The zero-order chi connectivity index (χ0) is 16.3. The summed E-state index contributed by atoms with van der Waals surface area (Å²) >= 11 is 0. The van der Waals surface area contributed by atoms with Crippen molar-refractivity contribution >= 4 is 16.9 Å². The maximum atomic E-state index is 12.2. The number of carbonyl (C=O) groups is 1. The van der Waals surface area contributed by atoms with Gasteiger partial charge in [0, 0.05) is 18.0 Å². The van der Waals surface area contributed by atoms with Gasteiger partial charge in [0.2, 0.25) is 0 Å². The molecule has 0 fully saturated rings. The van der Waals surface area contributed by atoms with Gasteiger partial charge in [-0.3, -0.25) is 4.79 Å². The molecule has 118 valence electrons. The van der Waals surface area contributed by atoms with Gasteiger partial charge in [0.05, 0.1) is 17.7 Å². The van der Waals surface area contributed by atoms with E-state index in [1.165, 1.54) is 12.1 Å². The largest absolute Gasteiger partial charge is 0.492 e. The van der Waals surface area contributed by atoms with E-state index in [9.17, 15) is 14.7 Å². The van der Waals surface area contributed by atoms with Gasteiger partial charge >= 0.3 is 5.97 Å². The van der Waals surface area contributed by atoms with Gasteiger partial charge in [-0.1, -0.05) is 13.8 Å². The van der Waals surface area contributed by atoms with Crippen LogP contribution in [0.5, 0.6) is 5.75 Å². The third-order valence-electron chi connectivity index (χ3n) is 3.52. The fourth-order valence-electron chi connectivity index (χ4n) is 2.40. The predicted octanol–water partition coefficient (Wildman–Crippen LogP) is 3.14. The Bertz CT molecular complexity index is 746. The molecule has 0 amide bonds. The Balaban J connectivity index is 2.69. The van der Waals surface area contributed by atoms with Crippen LogP contribution in [-0.2, 0) is 6.54 Å². The summed E-state index contributed by atoms with van der Waals surface area (Å²) in [5, 5.41) is 9.91. The Hall–Kier alpha value is -2.30. The fourth-order valence-corrected chi connectivity index (χ4v) is 2.40.